The van der Waals surface area contributed by atoms with E-state index in [1.807, 2.05) is 12.1 Å². The Hall–Kier alpha value is -3.22. The minimum Gasteiger partial charge on any atom is -0.372 e. The second-order valence-electron chi connectivity index (χ2n) is 6.73. The van der Waals surface area contributed by atoms with E-state index in [1.165, 1.54) is 37.1 Å². The summed E-state index contributed by atoms with van der Waals surface area (Å²) in [5, 5.41) is 5.99. The topological polar surface area (TPSA) is 53.1 Å². The van der Waals surface area contributed by atoms with Crippen LogP contribution < -0.4 is 15.5 Å². The van der Waals surface area contributed by atoms with Gasteiger partial charge in [0.05, 0.1) is 5.69 Å². The largest absolute Gasteiger partial charge is 0.372 e. The summed E-state index contributed by atoms with van der Waals surface area (Å²) in [6.45, 7) is 2.20. The lowest BCUT2D eigenvalue weighted by Crippen LogP contribution is -2.29. The molecule has 7 heteroatoms. The average Bonchev–Trinajstić information content (AvgIpc) is 2.72. The number of anilines is 5. The standard InChI is InChI=1S/C21H21F2N5/c22-15-4-9-19(18(23)14-15)26-20-10-11-24-21(27-20)25-16-5-7-17(8-6-16)28-12-2-1-3-13-28/h4-11,14H,1-3,12-13H2,(H2,24,25,26,27). The van der Waals surface area contributed by atoms with Gasteiger partial charge in [0.25, 0.3) is 0 Å². The van der Waals surface area contributed by atoms with Crippen molar-refractivity contribution >= 4 is 28.8 Å². The van der Waals surface area contributed by atoms with Gasteiger partial charge in [0, 0.05) is 36.7 Å². The molecule has 0 saturated carbocycles. The highest BCUT2D eigenvalue weighted by atomic mass is 19.1. The molecule has 1 aliphatic heterocycles. The Labute approximate surface area is 162 Å². The second kappa shape index (κ2) is 8.21. The first-order chi connectivity index (χ1) is 13.7. The van der Waals surface area contributed by atoms with Crippen LogP contribution in [0.3, 0.4) is 0 Å². The van der Waals surface area contributed by atoms with Crippen LogP contribution in [-0.2, 0) is 0 Å². The molecular weight excluding hydrogens is 360 g/mol. The van der Waals surface area contributed by atoms with Crippen LogP contribution in [0.25, 0.3) is 0 Å². The van der Waals surface area contributed by atoms with Crippen molar-refractivity contribution in [3.05, 3.63) is 66.4 Å². The first-order valence-corrected chi connectivity index (χ1v) is 9.34. The highest BCUT2D eigenvalue weighted by Crippen LogP contribution is 2.24. The molecule has 28 heavy (non-hydrogen) atoms. The van der Waals surface area contributed by atoms with Crippen LogP contribution in [0.1, 0.15) is 19.3 Å². The number of hydrogen-bond acceptors (Lipinski definition) is 5. The van der Waals surface area contributed by atoms with Gasteiger partial charge in [-0.3, -0.25) is 0 Å². The Morgan fingerprint density at radius 2 is 1.64 bits per heavy atom. The van der Waals surface area contributed by atoms with Crippen LogP contribution in [0, 0.1) is 11.6 Å². The maximum absolute atomic E-state index is 13.8. The monoisotopic (exact) mass is 381 g/mol. The lowest BCUT2D eigenvalue weighted by atomic mass is 10.1. The molecule has 0 aliphatic carbocycles. The van der Waals surface area contributed by atoms with Gasteiger partial charge in [-0.1, -0.05) is 0 Å². The fourth-order valence-electron chi connectivity index (χ4n) is 3.25. The molecule has 2 heterocycles. The van der Waals surface area contributed by atoms with Crippen LogP contribution >= 0.6 is 0 Å². The minimum absolute atomic E-state index is 0.150. The van der Waals surface area contributed by atoms with Crippen molar-refractivity contribution in [1.29, 1.82) is 0 Å². The van der Waals surface area contributed by atoms with E-state index >= 15 is 0 Å². The van der Waals surface area contributed by atoms with E-state index in [1.54, 1.807) is 12.3 Å². The summed E-state index contributed by atoms with van der Waals surface area (Å²) in [6.07, 6.45) is 5.35. The maximum Gasteiger partial charge on any atom is 0.229 e. The Kier molecular flexibility index (Phi) is 5.32. The maximum atomic E-state index is 13.8. The molecule has 144 valence electrons. The van der Waals surface area contributed by atoms with Crippen molar-refractivity contribution in [2.75, 3.05) is 28.6 Å². The van der Waals surface area contributed by atoms with Gasteiger partial charge >= 0.3 is 0 Å². The van der Waals surface area contributed by atoms with E-state index in [2.05, 4.69) is 37.6 Å². The quantitative estimate of drug-likeness (QED) is 0.634. The molecule has 0 bridgehead atoms. The zero-order chi connectivity index (χ0) is 19.3. The number of nitrogens with zero attached hydrogens (tertiary/aromatic N) is 3. The van der Waals surface area contributed by atoms with Crippen molar-refractivity contribution < 1.29 is 8.78 Å². The van der Waals surface area contributed by atoms with E-state index in [0.717, 1.165) is 24.8 Å². The van der Waals surface area contributed by atoms with Crippen LogP contribution in [0.4, 0.5) is 37.6 Å². The van der Waals surface area contributed by atoms with E-state index < -0.39 is 11.6 Å². The van der Waals surface area contributed by atoms with Gasteiger partial charge in [0.15, 0.2) is 0 Å². The summed E-state index contributed by atoms with van der Waals surface area (Å²) in [5.74, 6) is -0.506. The summed E-state index contributed by atoms with van der Waals surface area (Å²) in [7, 11) is 0. The fourth-order valence-corrected chi connectivity index (χ4v) is 3.25. The summed E-state index contributed by atoms with van der Waals surface area (Å²) in [5.41, 5.74) is 2.23. The van der Waals surface area contributed by atoms with Crippen molar-refractivity contribution in [2.24, 2.45) is 0 Å². The number of halogens is 2. The summed E-state index contributed by atoms with van der Waals surface area (Å²) >= 11 is 0. The van der Waals surface area contributed by atoms with Gasteiger partial charge in [0.1, 0.15) is 17.5 Å². The minimum atomic E-state index is -0.679. The molecule has 1 aliphatic rings. The first kappa shape index (κ1) is 18.2. The van der Waals surface area contributed by atoms with Gasteiger partial charge in [-0.15, -0.1) is 0 Å². The molecule has 0 amide bonds. The summed E-state index contributed by atoms with van der Waals surface area (Å²) in [4.78, 5) is 10.9. The third kappa shape index (κ3) is 4.36. The molecule has 4 rings (SSSR count). The van der Waals surface area contributed by atoms with Gasteiger partial charge in [0.2, 0.25) is 5.95 Å². The number of piperidine rings is 1. The molecule has 1 saturated heterocycles. The molecule has 1 aromatic heterocycles. The number of nitrogens with one attached hydrogen (secondary N) is 2. The third-order valence-corrected chi connectivity index (χ3v) is 4.69. The van der Waals surface area contributed by atoms with E-state index in [9.17, 15) is 8.78 Å². The lowest BCUT2D eigenvalue weighted by molar-refractivity contribution is 0.578. The molecule has 0 spiro atoms. The predicted octanol–water partition coefficient (Wildman–Crippen LogP) is 5.23. The zero-order valence-corrected chi connectivity index (χ0v) is 15.3. The molecular formula is C21H21F2N5. The Balaban J connectivity index is 1.44. The molecule has 3 aromatic rings. The molecule has 5 nitrogen and oxygen atoms in total. The summed E-state index contributed by atoms with van der Waals surface area (Å²) in [6, 6.07) is 13.1. The Bertz CT molecular complexity index is 940. The Morgan fingerprint density at radius 3 is 2.39 bits per heavy atom. The third-order valence-electron chi connectivity index (χ3n) is 4.69. The average molecular weight is 381 g/mol. The second-order valence-corrected chi connectivity index (χ2v) is 6.73. The van der Waals surface area contributed by atoms with E-state index in [4.69, 9.17) is 0 Å². The van der Waals surface area contributed by atoms with Crippen LogP contribution in [0.5, 0.6) is 0 Å². The highest BCUT2D eigenvalue weighted by molar-refractivity contribution is 5.62. The molecule has 0 radical (unpaired) electrons. The van der Waals surface area contributed by atoms with Gasteiger partial charge in [-0.25, -0.2) is 13.8 Å². The smallest absolute Gasteiger partial charge is 0.229 e. The van der Waals surface area contributed by atoms with Gasteiger partial charge in [-0.05, 0) is 61.7 Å². The van der Waals surface area contributed by atoms with Crippen LogP contribution in [0.15, 0.2) is 54.7 Å². The fraction of sp³-hybridized carbons (Fsp3) is 0.238. The van der Waals surface area contributed by atoms with E-state index in [-0.39, 0.29) is 5.69 Å². The zero-order valence-electron chi connectivity index (χ0n) is 15.3. The van der Waals surface area contributed by atoms with Crippen molar-refractivity contribution in [1.82, 2.24) is 9.97 Å². The predicted molar refractivity (Wildman–Crippen MR) is 107 cm³/mol. The number of rotatable bonds is 5. The SMILES string of the molecule is Fc1ccc(Nc2ccnc(Nc3ccc(N4CCCCC4)cc3)n2)c(F)c1. The lowest BCUT2D eigenvalue weighted by Gasteiger charge is -2.28. The number of benzene rings is 2. The summed E-state index contributed by atoms with van der Waals surface area (Å²) < 4.78 is 26.8. The van der Waals surface area contributed by atoms with Gasteiger partial charge < -0.3 is 15.5 Å². The molecule has 1 fully saturated rings. The van der Waals surface area contributed by atoms with Crippen LogP contribution in [0.2, 0.25) is 0 Å². The molecule has 0 unspecified atom stereocenters. The van der Waals surface area contributed by atoms with Crippen LogP contribution in [-0.4, -0.2) is 23.1 Å². The molecule has 2 aromatic carbocycles. The van der Waals surface area contributed by atoms with E-state index in [0.29, 0.717) is 11.8 Å². The molecule has 2 N–H and O–H groups in total. The van der Waals surface area contributed by atoms with Crippen molar-refractivity contribution in [3.8, 4) is 0 Å². The normalized spacial score (nSPS) is 14.0. The Morgan fingerprint density at radius 1 is 0.857 bits per heavy atom. The highest BCUT2D eigenvalue weighted by Gasteiger charge is 2.11. The van der Waals surface area contributed by atoms with Crippen molar-refractivity contribution in [2.45, 2.75) is 19.3 Å². The first-order valence-electron chi connectivity index (χ1n) is 9.34. The number of hydrogen-bond donors (Lipinski definition) is 2. The number of aromatic nitrogens is 2. The van der Waals surface area contributed by atoms with Crippen molar-refractivity contribution in [3.63, 3.8) is 0 Å². The van der Waals surface area contributed by atoms with Gasteiger partial charge in [-0.2, -0.15) is 4.98 Å². The molecule has 0 atom stereocenters.